The molecule has 1 saturated heterocycles. The van der Waals surface area contributed by atoms with E-state index in [1.54, 1.807) is 12.4 Å². The molecule has 0 unspecified atom stereocenters. The summed E-state index contributed by atoms with van der Waals surface area (Å²) in [5, 5.41) is 12.0. The van der Waals surface area contributed by atoms with E-state index in [4.69, 9.17) is 11.6 Å². The second kappa shape index (κ2) is 5.50. The van der Waals surface area contributed by atoms with E-state index in [0.29, 0.717) is 5.15 Å². The van der Waals surface area contributed by atoms with Crippen LogP contribution in [-0.2, 0) is 0 Å². The molecule has 3 rings (SSSR count). The molecule has 0 radical (unpaired) electrons. The first-order valence-corrected chi connectivity index (χ1v) is 6.62. The monoisotopic (exact) mass is 275 g/mol. The van der Waals surface area contributed by atoms with Crippen molar-refractivity contribution >= 4 is 17.4 Å². The van der Waals surface area contributed by atoms with Crippen LogP contribution in [0.4, 0.5) is 5.82 Å². The topological polar surface area (TPSA) is 53.9 Å². The second-order valence-corrected chi connectivity index (χ2v) is 4.74. The Kier molecular flexibility index (Phi) is 3.57. The average Bonchev–Trinajstić information content (AvgIpc) is 2.49. The lowest BCUT2D eigenvalue weighted by molar-refractivity contribution is 0.583. The Morgan fingerprint density at radius 3 is 2.58 bits per heavy atom. The molecule has 6 heteroatoms. The molecular weight excluding hydrogens is 262 g/mol. The van der Waals surface area contributed by atoms with Gasteiger partial charge in [-0.05, 0) is 23.8 Å². The normalized spacial score (nSPS) is 15.5. The summed E-state index contributed by atoms with van der Waals surface area (Å²) in [6.07, 6.45) is 3.49. The van der Waals surface area contributed by atoms with Crippen LogP contribution in [-0.4, -0.2) is 41.4 Å². The number of aromatic nitrogens is 3. The summed E-state index contributed by atoms with van der Waals surface area (Å²) >= 11 is 6.14. The van der Waals surface area contributed by atoms with Gasteiger partial charge in [0.25, 0.3) is 0 Å². The van der Waals surface area contributed by atoms with Crippen LogP contribution in [0.15, 0.2) is 30.6 Å². The lowest BCUT2D eigenvalue weighted by atomic mass is 10.1. The van der Waals surface area contributed by atoms with E-state index in [0.717, 1.165) is 43.1 Å². The van der Waals surface area contributed by atoms with Crippen molar-refractivity contribution in [2.75, 3.05) is 31.1 Å². The summed E-state index contributed by atoms with van der Waals surface area (Å²) in [5.74, 6) is 0.873. The summed E-state index contributed by atoms with van der Waals surface area (Å²) < 4.78 is 0. The number of nitrogens with zero attached hydrogens (tertiary/aromatic N) is 4. The number of hydrogen-bond donors (Lipinski definition) is 1. The molecule has 0 atom stereocenters. The minimum Gasteiger partial charge on any atom is -0.353 e. The van der Waals surface area contributed by atoms with E-state index in [1.165, 1.54) is 0 Å². The molecule has 0 saturated carbocycles. The predicted molar refractivity (Wildman–Crippen MR) is 75.4 cm³/mol. The fourth-order valence-corrected chi connectivity index (χ4v) is 2.35. The van der Waals surface area contributed by atoms with Gasteiger partial charge in [-0.15, -0.1) is 10.2 Å². The Bertz CT molecular complexity index is 554. The van der Waals surface area contributed by atoms with Crippen LogP contribution < -0.4 is 10.2 Å². The molecule has 19 heavy (non-hydrogen) atoms. The van der Waals surface area contributed by atoms with Crippen molar-refractivity contribution in [1.29, 1.82) is 0 Å². The standard InChI is InChI=1S/C13H14ClN5/c14-13-11(10-1-3-15-4-2-10)9-12(17-18-13)19-7-5-16-6-8-19/h1-4,9,16H,5-8H2. The second-order valence-electron chi connectivity index (χ2n) is 4.38. The summed E-state index contributed by atoms with van der Waals surface area (Å²) in [5.41, 5.74) is 1.90. The van der Waals surface area contributed by atoms with Gasteiger partial charge in [0, 0.05) is 44.1 Å². The average molecular weight is 276 g/mol. The number of pyridine rings is 1. The number of nitrogens with one attached hydrogen (secondary N) is 1. The molecule has 0 bridgehead atoms. The number of anilines is 1. The third kappa shape index (κ3) is 2.67. The van der Waals surface area contributed by atoms with E-state index < -0.39 is 0 Å². The highest BCUT2D eigenvalue weighted by Gasteiger charge is 2.15. The van der Waals surface area contributed by atoms with Gasteiger partial charge < -0.3 is 10.2 Å². The summed E-state index contributed by atoms with van der Waals surface area (Å²) in [6.45, 7) is 3.81. The van der Waals surface area contributed by atoms with E-state index in [2.05, 4.69) is 25.4 Å². The van der Waals surface area contributed by atoms with Crippen molar-refractivity contribution in [2.45, 2.75) is 0 Å². The van der Waals surface area contributed by atoms with Crippen LogP contribution in [0.25, 0.3) is 11.1 Å². The molecule has 2 aromatic rings. The van der Waals surface area contributed by atoms with Crippen molar-refractivity contribution in [3.8, 4) is 11.1 Å². The number of halogens is 1. The first-order valence-electron chi connectivity index (χ1n) is 6.24. The molecule has 1 aliphatic heterocycles. The molecule has 0 aliphatic carbocycles. The first-order chi connectivity index (χ1) is 9.34. The van der Waals surface area contributed by atoms with E-state index >= 15 is 0 Å². The number of rotatable bonds is 2. The van der Waals surface area contributed by atoms with Crippen molar-refractivity contribution in [1.82, 2.24) is 20.5 Å². The van der Waals surface area contributed by atoms with Gasteiger partial charge in [0.15, 0.2) is 11.0 Å². The van der Waals surface area contributed by atoms with Gasteiger partial charge in [-0.2, -0.15) is 0 Å². The van der Waals surface area contributed by atoms with Gasteiger partial charge in [-0.25, -0.2) is 0 Å². The molecule has 0 aromatic carbocycles. The summed E-state index contributed by atoms with van der Waals surface area (Å²) in [6, 6.07) is 5.84. The molecule has 5 nitrogen and oxygen atoms in total. The smallest absolute Gasteiger partial charge is 0.159 e. The molecule has 1 aliphatic rings. The van der Waals surface area contributed by atoms with Gasteiger partial charge in [0.05, 0.1) is 0 Å². The van der Waals surface area contributed by atoms with E-state index in [1.807, 2.05) is 18.2 Å². The molecule has 2 aromatic heterocycles. The van der Waals surface area contributed by atoms with Gasteiger partial charge in [0.1, 0.15) is 0 Å². The van der Waals surface area contributed by atoms with Crippen LogP contribution in [0.2, 0.25) is 5.15 Å². The van der Waals surface area contributed by atoms with Gasteiger partial charge in [-0.3, -0.25) is 4.98 Å². The Balaban J connectivity index is 1.96. The van der Waals surface area contributed by atoms with Crippen LogP contribution in [0.3, 0.4) is 0 Å². The molecular formula is C13H14ClN5. The Morgan fingerprint density at radius 2 is 1.84 bits per heavy atom. The third-order valence-corrected chi connectivity index (χ3v) is 3.45. The molecule has 1 N–H and O–H groups in total. The third-order valence-electron chi connectivity index (χ3n) is 3.17. The summed E-state index contributed by atoms with van der Waals surface area (Å²) in [7, 11) is 0. The maximum absolute atomic E-state index is 6.14. The minimum absolute atomic E-state index is 0.421. The molecule has 3 heterocycles. The quantitative estimate of drug-likeness (QED) is 0.902. The largest absolute Gasteiger partial charge is 0.353 e. The highest BCUT2D eigenvalue weighted by atomic mass is 35.5. The SMILES string of the molecule is Clc1nnc(N2CCNCC2)cc1-c1ccncc1. The van der Waals surface area contributed by atoms with Gasteiger partial charge in [0.2, 0.25) is 0 Å². The van der Waals surface area contributed by atoms with Gasteiger partial charge in [-0.1, -0.05) is 11.6 Å². The molecule has 0 amide bonds. The maximum atomic E-state index is 6.14. The highest BCUT2D eigenvalue weighted by molar-refractivity contribution is 6.32. The maximum Gasteiger partial charge on any atom is 0.159 e. The van der Waals surface area contributed by atoms with Crippen LogP contribution in [0.1, 0.15) is 0 Å². The zero-order chi connectivity index (χ0) is 13.1. The highest BCUT2D eigenvalue weighted by Crippen LogP contribution is 2.28. The molecule has 0 spiro atoms. The lowest BCUT2D eigenvalue weighted by Gasteiger charge is -2.28. The zero-order valence-corrected chi connectivity index (χ0v) is 11.1. The molecule has 98 valence electrons. The number of piperazine rings is 1. The van der Waals surface area contributed by atoms with Crippen LogP contribution in [0, 0.1) is 0 Å². The number of hydrogen-bond acceptors (Lipinski definition) is 5. The lowest BCUT2D eigenvalue weighted by Crippen LogP contribution is -2.44. The van der Waals surface area contributed by atoms with Crippen LogP contribution in [0.5, 0.6) is 0 Å². The predicted octanol–water partition coefficient (Wildman–Crippen LogP) is 1.60. The Morgan fingerprint density at radius 1 is 1.11 bits per heavy atom. The minimum atomic E-state index is 0.421. The van der Waals surface area contributed by atoms with E-state index in [-0.39, 0.29) is 0 Å². The molecule has 1 fully saturated rings. The fraction of sp³-hybridized carbons (Fsp3) is 0.308. The Labute approximate surface area is 116 Å². The van der Waals surface area contributed by atoms with Crippen molar-refractivity contribution in [3.05, 3.63) is 35.7 Å². The van der Waals surface area contributed by atoms with Gasteiger partial charge >= 0.3 is 0 Å². The zero-order valence-electron chi connectivity index (χ0n) is 10.4. The summed E-state index contributed by atoms with van der Waals surface area (Å²) in [4.78, 5) is 6.23. The van der Waals surface area contributed by atoms with Crippen molar-refractivity contribution < 1.29 is 0 Å². The van der Waals surface area contributed by atoms with Crippen molar-refractivity contribution in [3.63, 3.8) is 0 Å². The van der Waals surface area contributed by atoms with Crippen LogP contribution >= 0.6 is 11.6 Å². The fourth-order valence-electron chi connectivity index (χ4n) is 2.15. The van der Waals surface area contributed by atoms with E-state index in [9.17, 15) is 0 Å². The first kappa shape index (κ1) is 12.3. The Hall–Kier alpha value is -1.72. The van der Waals surface area contributed by atoms with Crippen molar-refractivity contribution in [2.24, 2.45) is 0 Å².